The van der Waals surface area contributed by atoms with Crippen molar-refractivity contribution in [2.45, 2.75) is 19.1 Å². The fourth-order valence-electron chi connectivity index (χ4n) is 3.29. The van der Waals surface area contributed by atoms with Crippen molar-refractivity contribution in [1.29, 1.82) is 0 Å². The average molecular weight is 346 g/mol. The minimum Gasteiger partial charge on any atom is -0.388 e. The van der Waals surface area contributed by atoms with Crippen molar-refractivity contribution >= 4 is 5.69 Å². The molecule has 1 aliphatic rings. The molecule has 2 aromatic carbocycles. The summed E-state index contributed by atoms with van der Waals surface area (Å²) in [6, 6.07) is 9.56. The lowest BCUT2D eigenvalue weighted by Gasteiger charge is -2.29. The summed E-state index contributed by atoms with van der Waals surface area (Å²) < 4.78 is 38.3. The van der Waals surface area contributed by atoms with Gasteiger partial charge in [0.1, 0.15) is 0 Å². The Hall–Kier alpha value is -2.27. The zero-order chi connectivity index (χ0) is 18.0. The lowest BCUT2D eigenvalue weighted by Crippen LogP contribution is -2.30. The highest BCUT2D eigenvalue weighted by Crippen LogP contribution is 2.35. The molecule has 0 bridgehead atoms. The first-order valence-corrected chi connectivity index (χ1v) is 8.27. The number of benzene rings is 2. The van der Waals surface area contributed by atoms with E-state index in [0.717, 1.165) is 55.0 Å². The maximum Gasteiger partial charge on any atom is 0.416 e. The van der Waals surface area contributed by atoms with Crippen LogP contribution in [0.3, 0.4) is 0 Å². The van der Waals surface area contributed by atoms with Crippen LogP contribution in [0.5, 0.6) is 0 Å². The van der Waals surface area contributed by atoms with Crippen LogP contribution >= 0.6 is 0 Å². The zero-order valence-corrected chi connectivity index (χ0v) is 14.2. The molecule has 0 aromatic heterocycles. The van der Waals surface area contributed by atoms with E-state index in [2.05, 4.69) is 28.9 Å². The largest absolute Gasteiger partial charge is 0.416 e. The second-order valence-electron chi connectivity index (χ2n) is 6.27. The van der Waals surface area contributed by atoms with Gasteiger partial charge in [0.05, 0.1) is 5.56 Å². The summed E-state index contributed by atoms with van der Waals surface area (Å²) in [7, 11) is 1.84. The Balaban J connectivity index is 1.98. The molecule has 2 aromatic rings. The fraction of sp³-hybridized carbons (Fsp3) is 0.300. The molecule has 1 N–H and O–H groups in total. The Morgan fingerprint density at radius 3 is 2.48 bits per heavy atom. The molecule has 1 heterocycles. The SMILES string of the molecule is C=CCN1CCc2cc(NC)c(-c3ccc(C(F)(F)F)cc3)cc2C1. The van der Waals surface area contributed by atoms with E-state index in [4.69, 9.17) is 0 Å². The monoisotopic (exact) mass is 346 g/mol. The van der Waals surface area contributed by atoms with Crippen LogP contribution in [-0.2, 0) is 19.1 Å². The highest BCUT2D eigenvalue weighted by molar-refractivity contribution is 5.79. The van der Waals surface area contributed by atoms with Gasteiger partial charge < -0.3 is 5.32 Å². The number of halogens is 3. The van der Waals surface area contributed by atoms with Crippen LogP contribution in [0.25, 0.3) is 11.1 Å². The number of nitrogens with one attached hydrogen (secondary N) is 1. The Bertz CT molecular complexity index is 764. The molecule has 2 nitrogen and oxygen atoms in total. The molecule has 0 spiro atoms. The standard InChI is InChI=1S/C20H21F3N2/c1-3-9-25-10-8-15-12-19(24-2)18(11-16(15)13-25)14-4-6-17(7-5-14)20(21,22)23/h3-7,11-12,24H,1,8-10,13H2,2H3. The van der Waals surface area contributed by atoms with E-state index in [1.165, 1.54) is 23.3 Å². The van der Waals surface area contributed by atoms with Gasteiger partial charge >= 0.3 is 6.18 Å². The first-order chi connectivity index (χ1) is 11.9. The lowest BCUT2D eigenvalue weighted by atomic mass is 9.92. The van der Waals surface area contributed by atoms with Gasteiger partial charge in [-0.25, -0.2) is 0 Å². The van der Waals surface area contributed by atoms with Crippen LogP contribution in [-0.4, -0.2) is 25.0 Å². The Labute approximate surface area is 146 Å². The van der Waals surface area contributed by atoms with Gasteiger partial charge in [-0.05, 0) is 47.4 Å². The molecule has 0 atom stereocenters. The van der Waals surface area contributed by atoms with Crippen LogP contribution in [0, 0.1) is 0 Å². The third kappa shape index (κ3) is 3.71. The van der Waals surface area contributed by atoms with E-state index in [0.29, 0.717) is 0 Å². The van der Waals surface area contributed by atoms with Crippen molar-refractivity contribution in [3.63, 3.8) is 0 Å². The van der Waals surface area contributed by atoms with E-state index in [1.807, 2.05) is 13.1 Å². The molecular formula is C20H21F3N2. The number of nitrogens with zero attached hydrogens (tertiary/aromatic N) is 1. The molecule has 1 aliphatic heterocycles. The number of anilines is 1. The van der Waals surface area contributed by atoms with Crippen LogP contribution in [0.15, 0.2) is 49.1 Å². The summed E-state index contributed by atoms with van der Waals surface area (Å²) in [4.78, 5) is 2.31. The summed E-state index contributed by atoms with van der Waals surface area (Å²) >= 11 is 0. The minimum absolute atomic E-state index is 0.627. The second kappa shape index (κ2) is 6.92. The zero-order valence-electron chi connectivity index (χ0n) is 14.2. The van der Waals surface area contributed by atoms with Crippen molar-refractivity contribution in [3.05, 3.63) is 65.7 Å². The van der Waals surface area contributed by atoms with Crippen LogP contribution in [0.2, 0.25) is 0 Å². The maximum absolute atomic E-state index is 12.8. The van der Waals surface area contributed by atoms with Crippen LogP contribution < -0.4 is 5.32 Å². The van der Waals surface area contributed by atoms with Crippen molar-refractivity contribution in [2.75, 3.05) is 25.5 Å². The fourth-order valence-corrected chi connectivity index (χ4v) is 3.29. The number of hydrogen-bond acceptors (Lipinski definition) is 2. The van der Waals surface area contributed by atoms with Gasteiger partial charge in [0.15, 0.2) is 0 Å². The predicted octanol–water partition coefficient (Wildman–Crippen LogP) is 4.96. The van der Waals surface area contributed by atoms with Crippen LogP contribution in [0.4, 0.5) is 18.9 Å². The number of rotatable bonds is 4. The van der Waals surface area contributed by atoms with Crippen molar-refractivity contribution in [2.24, 2.45) is 0 Å². The summed E-state index contributed by atoms with van der Waals surface area (Å²) in [6.45, 7) is 6.44. The molecule has 25 heavy (non-hydrogen) atoms. The molecule has 0 fully saturated rings. The van der Waals surface area contributed by atoms with Crippen LogP contribution in [0.1, 0.15) is 16.7 Å². The predicted molar refractivity (Wildman–Crippen MR) is 95.6 cm³/mol. The molecule has 0 saturated carbocycles. The first-order valence-electron chi connectivity index (χ1n) is 8.27. The molecule has 132 valence electrons. The molecule has 0 radical (unpaired) electrons. The molecular weight excluding hydrogens is 325 g/mol. The van der Waals surface area contributed by atoms with E-state index < -0.39 is 11.7 Å². The first kappa shape index (κ1) is 17.5. The molecule has 5 heteroatoms. The molecule has 0 saturated heterocycles. The molecule has 0 amide bonds. The Morgan fingerprint density at radius 2 is 1.88 bits per heavy atom. The van der Waals surface area contributed by atoms with E-state index in [-0.39, 0.29) is 0 Å². The Morgan fingerprint density at radius 1 is 1.16 bits per heavy atom. The highest BCUT2D eigenvalue weighted by atomic mass is 19.4. The number of fused-ring (bicyclic) bond motifs is 1. The quantitative estimate of drug-likeness (QED) is 0.787. The van der Waals surface area contributed by atoms with Crippen molar-refractivity contribution < 1.29 is 13.2 Å². The number of alkyl halides is 3. The third-order valence-corrected chi connectivity index (χ3v) is 4.61. The van der Waals surface area contributed by atoms with Crippen molar-refractivity contribution in [3.8, 4) is 11.1 Å². The molecule has 0 unspecified atom stereocenters. The lowest BCUT2D eigenvalue weighted by molar-refractivity contribution is -0.137. The van der Waals surface area contributed by atoms with E-state index in [1.54, 1.807) is 0 Å². The topological polar surface area (TPSA) is 15.3 Å². The maximum atomic E-state index is 12.8. The van der Waals surface area contributed by atoms with Crippen molar-refractivity contribution in [1.82, 2.24) is 4.90 Å². The normalized spacial score (nSPS) is 14.9. The van der Waals surface area contributed by atoms with Gasteiger partial charge in [0.2, 0.25) is 0 Å². The minimum atomic E-state index is -4.31. The van der Waals surface area contributed by atoms with Gasteiger partial charge in [-0.1, -0.05) is 18.2 Å². The van der Waals surface area contributed by atoms with Gasteiger partial charge in [-0.2, -0.15) is 13.2 Å². The van der Waals surface area contributed by atoms with Gasteiger partial charge in [0, 0.05) is 37.9 Å². The smallest absolute Gasteiger partial charge is 0.388 e. The highest BCUT2D eigenvalue weighted by Gasteiger charge is 2.30. The van der Waals surface area contributed by atoms with Gasteiger partial charge in [0.25, 0.3) is 0 Å². The van der Waals surface area contributed by atoms with Gasteiger partial charge in [-0.15, -0.1) is 6.58 Å². The summed E-state index contributed by atoms with van der Waals surface area (Å²) in [6.07, 6.45) is -1.46. The summed E-state index contributed by atoms with van der Waals surface area (Å²) in [5.41, 5.74) is 4.53. The molecule has 3 rings (SSSR count). The van der Waals surface area contributed by atoms with E-state index in [9.17, 15) is 13.2 Å². The summed E-state index contributed by atoms with van der Waals surface area (Å²) in [5.74, 6) is 0. The third-order valence-electron chi connectivity index (χ3n) is 4.61. The summed E-state index contributed by atoms with van der Waals surface area (Å²) in [5, 5.41) is 3.17. The average Bonchev–Trinajstić information content (AvgIpc) is 2.60. The Kier molecular flexibility index (Phi) is 4.86. The van der Waals surface area contributed by atoms with Gasteiger partial charge in [-0.3, -0.25) is 4.90 Å². The van der Waals surface area contributed by atoms with E-state index >= 15 is 0 Å². The second-order valence-corrected chi connectivity index (χ2v) is 6.27. The number of hydrogen-bond donors (Lipinski definition) is 1. The molecule has 0 aliphatic carbocycles.